The fourth-order valence-electron chi connectivity index (χ4n) is 2.78. The molecule has 1 fully saturated rings. The minimum Gasteiger partial charge on any atom is -0.497 e. The highest BCUT2D eigenvalue weighted by Crippen LogP contribution is 2.27. The molecule has 2 rings (SSSR count). The van der Waals surface area contributed by atoms with E-state index >= 15 is 0 Å². The Morgan fingerprint density at radius 2 is 2.04 bits per heavy atom. The van der Waals surface area contributed by atoms with Crippen LogP contribution in [0.3, 0.4) is 0 Å². The zero-order valence-corrected chi connectivity index (χ0v) is 14.2. The Labute approximate surface area is 142 Å². The van der Waals surface area contributed by atoms with Crippen molar-refractivity contribution < 1.29 is 14.3 Å². The summed E-state index contributed by atoms with van der Waals surface area (Å²) in [5.74, 6) is 0.125. The number of ether oxygens (including phenoxy) is 1. The third kappa shape index (κ3) is 4.84. The first-order valence-corrected chi connectivity index (χ1v) is 7.51. The number of benzene rings is 1. The molecule has 2 amide bonds. The Bertz CT molecular complexity index is 566. The molecule has 1 aromatic carbocycles. The first kappa shape index (κ1) is 19.3. The van der Waals surface area contributed by atoms with Crippen LogP contribution in [0, 0.1) is 5.92 Å². The molecule has 0 bridgehead atoms. The van der Waals surface area contributed by atoms with E-state index in [1.807, 2.05) is 0 Å². The van der Waals surface area contributed by atoms with Gasteiger partial charge in [-0.05, 0) is 37.5 Å². The van der Waals surface area contributed by atoms with Gasteiger partial charge in [0, 0.05) is 19.0 Å². The number of nitrogens with two attached hydrogens (primary N) is 1. The second-order valence-corrected chi connectivity index (χ2v) is 5.60. The first-order chi connectivity index (χ1) is 10.5. The average molecular weight is 342 g/mol. The molecule has 2 unspecified atom stereocenters. The van der Waals surface area contributed by atoms with Gasteiger partial charge in [-0.3, -0.25) is 9.59 Å². The van der Waals surface area contributed by atoms with Gasteiger partial charge in [-0.2, -0.15) is 0 Å². The van der Waals surface area contributed by atoms with E-state index in [4.69, 9.17) is 10.5 Å². The van der Waals surface area contributed by atoms with Crippen molar-refractivity contribution in [3.8, 4) is 5.75 Å². The standard InChI is InChI=1S/C16H23N3O3.ClH/c1-18-16(21)13-9-12(22-2)6-7-14(13)19-15(20)10-4-3-5-11(17)8-10;/h6-7,9-11H,3-5,8,17H2,1-2H3,(H,18,21)(H,19,20);1H. The molecular weight excluding hydrogens is 318 g/mol. The fourth-order valence-corrected chi connectivity index (χ4v) is 2.78. The first-order valence-electron chi connectivity index (χ1n) is 7.51. The summed E-state index contributed by atoms with van der Waals surface area (Å²) in [5.41, 5.74) is 6.81. The Morgan fingerprint density at radius 3 is 2.65 bits per heavy atom. The Morgan fingerprint density at radius 1 is 1.30 bits per heavy atom. The molecule has 2 atom stereocenters. The maximum absolute atomic E-state index is 12.4. The zero-order chi connectivity index (χ0) is 16.1. The second kappa shape index (κ2) is 8.74. The van der Waals surface area contributed by atoms with E-state index in [1.165, 1.54) is 7.11 Å². The molecule has 23 heavy (non-hydrogen) atoms. The van der Waals surface area contributed by atoms with E-state index in [0.717, 1.165) is 19.3 Å². The number of methoxy groups -OCH3 is 1. The van der Waals surface area contributed by atoms with Crippen LogP contribution in [0.1, 0.15) is 36.0 Å². The van der Waals surface area contributed by atoms with Crippen LogP contribution < -0.4 is 21.1 Å². The number of rotatable bonds is 4. The van der Waals surface area contributed by atoms with Crippen molar-refractivity contribution >= 4 is 29.9 Å². The quantitative estimate of drug-likeness (QED) is 0.780. The highest BCUT2D eigenvalue weighted by Gasteiger charge is 2.26. The molecule has 0 aromatic heterocycles. The molecule has 7 heteroatoms. The molecule has 0 aliphatic heterocycles. The van der Waals surface area contributed by atoms with Gasteiger partial charge in [-0.1, -0.05) is 6.42 Å². The summed E-state index contributed by atoms with van der Waals surface area (Å²) in [4.78, 5) is 24.4. The van der Waals surface area contributed by atoms with Crippen LogP contribution in [0.15, 0.2) is 18.2 Å². The van der Waals surface area contributed by atoms with E-state index in [0.29, 0.717) is 23.4 Å². The number of hydrogen-bond donors (Lipinski definition) is 3. The van der Waals surface area contributed by atoms with Crippen LogP contribution in [-0.2, 0) is 4.79 Å². The molecule has 0 radical (unpaired) electrons. The molecule has 0 heterocycles. The topological polar surface area (TPSA) is 93.5 Å². The lowest BCUT2D eigenvalue weighted by atomic mass is 9.85. The normalized spacial score (nSPS) is 20.1. The highest BCUT2D eigenvalue weighted by atomic mass is 35.5. The van der Waals surface area contributed by atoms with E-state index in [9.17, 15) is 9.59 Å². The molecule has 128 valence electrons. The summed E-state index contributed by atoms with van der Waals surface area (Å²) in [6.45, 7) is 0. The Kier molecular flexibility index (Phi) is 7.32. The summed E-state index contributed by atoms with van der Waals surface area (Å²) >= 11 is 0. The van der Waals surface area contributed by atoms with Crippen LogP contribution in [-0.4, -0.2) is 32.0 Å². The summed E-state index contributed by atoms with van der Waals surface area (Å²) in [5, 5.41) is 5.42. The van der Waals surface area contributed by atoms with Crippen molar-refractivity contribution in [2.75, 3.05) is 19.5 Å². The molecule has 1 saturated carbocycles. The molecule has 1 aromatic rings. The van der Waals surface area contributed by atoms with Crippen molar-refractivity contribution in [3.63, 3.8) is 0 Å². The minimum absolute atomic E-state index is 0. The third-order valence-electron chi connectivity index (χ3n) is 4.04. The lowest BCUT2D eigenvalue weighted by Crippen LogP contribution is -2.34. The van der Waals surface area contributed by atoms with Gasteiger partial charge in [0.2, 0.25) is 5.91 Å². The van der Waals surface area contributed by atoms with Crippen LogP contribution in [0.2, 0.25) is 0 Å². The van der Waals surface area contributed by atoms with E-state index in [-0.39, 0.29) is 36.2 Å². The maximum Gasteiger partial charge on any atom is 0.253 e. The molecule has 1 aliphatic carbocycles. The minimum atomic E-state index is -0.269. The van der Waals surface area contributed by atoms with Gasteiger partial charge in [0.1, 0.15) is 5.75 Å². The number of anilines is 1. The van der Waals surface area contributed by atoms with Gasteiger partial charge in [-0.15, -0.1) is 12.4 Å². The average Bonchev–Trinajstić information content (AvgIpc) is 2.54. The van der Waals surface area contributed by atoms with Gasteiger partial charge < -0.3 is 21.1 Å². The lowest BCUT2D eigenvalue weighted by Gasteiger charge is -2.26. The highest BCUT2D eigenvalue weighted by molar-refractivity contribution is 6.04. The van der Waals surface area contributed by atoms with Gasteiger partial charge in [0.15, 0.2) is 0 Å². The Hall–Kier alpha value is -1.79. The zero-order valence-electron chi connectivity index (χ0n) is 13.4. The van der Waals surface area contributed by atoms with Crippen molar-refractivity contribution in [2.24, 2.45) is 11.7 Å². The van der Waals surface area contributed by atoms with Crippen molar-refractivity contribution in [3.05, 3.63) is 23.8 Å². The van der Waals surface area contributed by atoms with Gasteiger partial charge in [0.05, 0.1) is 18.4 Å². The SMILES string of the molecule is CNC(=O)c1cc(OC)ccc1NC(=O)C1CCCC(N)C1.Cl. The molecular formula is C16H24ClN3O3. The number of hydrogen-bond acceptors (Lipinski definition) is 4. The summed E-state index contributed by atoms with van der Waals surface area (Å²) in [6.07, 6.45) is 3.46. The number of halogens is 1. The van der Waals surface area contributed by atoms with Crippen molar-refractivity contribution in [1.29, 1.82) is 0 Å². The summed E-state index contributed by atoms with van der Waals surface area (Å²) in [6, 6.07) is 5.10. The van der Waals surface area contributed by atoms with Crippen LogP contribution >= 0.6 is 12.4 Å². The Balaban J connectivity index is 0.00000264. The van der Waals surface area contributed by atoms with E-state index in [2.05, 4.69) is 10.6 Å². The molecule has 0 saturated heterocycles. The van der Waals surface area contributed by atoms with E-state index in [1.54, 1.807) is 25.2 Å². The van der Waals surface area contributed by atoms with E-state index < -0.39 is 0 Å². The second-order valence-electron chi connectivity index (χ2n) is 5.60. The predicted octanol–water partition coefficient (Wildman–Crippen LogP) is 1.93. The van der Waals surface area contributed by atoms with Gasteiger partial charge >= 0.3 is 0 Å². The number of amides is 2. The smallest absolute Gasteiger partial charge is 0.253 e. The third-order valence-corrected chi connectivity index (χ3v) is 4.04. The molecule has 4 N–H and O–H groups in total. The van der Waals surface area contributed by atoms with Crippen molar-refractivity contribution in [1.82, 2.24) is 5.32 Å². The number of carbonyl (C=O) groups is 2. The summed E-state index contributed by atoms with van der Waals surface area (Å²) in [7, 11) is 3.08. The lowest BCUT2D eigenvalue weighted by molar-refractivity contribution is -0.120. The molecule has 0 spiro atoms. The monoisotopic (exact) mass is 341 g/mol. The molecule has 1 aliphatic rings. The number of carbonyl (C=O) groups excluding carboxylic acids is 2. The predicted molar refractivity (Wildman–Crippen MR) is 92.2 cm³/mol. The van der Waals surface area contributed by atoms with Crippen LogP contribution in [0.4, 0.5) is 5.69 Å². The van der Waals surface area contributed by atoms with Crippen molar-refractivity contribution in [2.45, 2.75) is 31.7 Å². The van der Waals surface area contributed by atoms with Gasteiger partial charge in [-0.25, -0.2) is 0 Å². The summed E-state index contributed by atoms with van der Waals surface area (Å²) < 4.78 is 5.13. The fraction of sp³-hybridized carbons (Fsp3) is 0.500. The maximum atomic E-state index is 12.4. The number of nitrogens with one attached hydrogen (secondary N) is 2. The molecule has 6 nitrogen and oxygen atoms in total. The van der Waals surface area contributed by atoms with Crippen LogP contribution in [0.25, 0.3) is 0 Å². The van der Waals surface area contributed by atoms with Gasteiger partial charge in [0.25, 0.3) is 5.91 Å². The largest absolute Gasteiger partial charge is 0.497 e. The van der Waals surface area contributed by atoms with Crippen LogP contribution in [0.5, 0.6) is 5.75 Å².